The van der Waals surface area contributed by atoms with E-state index in [-0.39, 0.29) is 11.9 Å². The van der Waals surface area contributed by atoms with Crippen molar-refractivity contribution in [3.63, 3.8) is 0 Å². The molecule has 1 N–H and O–H groups in total. The summed E-state index contributed by atoms with van der Waals surface area (Å²) in [6.45, 7) is 5.18. The lowest BCUT2D eigenvalue weighted by atomic mass is 9.99. The smallest absolute Gasteiger partial charge is 0.319 e. The van der Waals surface area contributed by atoms with E-state index in [0.29, 0.717) is 12.8 Å². The first-order chi connectivity index (χ1) is 8.51. The minimum Gasteiger partial charge on any atom is -0.480 e. The zero-order chi connectivity index (χ0) is 13.3. The topological polar surface area (TPSA) is 60.9 Å². The minimum absolute atomic E-state index is 0.190. The summed E-state index contributed by atoms with van der Waals surface area (Å²) >= 11 is 0. The highest BCUT2D eigenvalue weighted by Gasteiger charge is 2.58. The van der Waals surface area contributed by atoms with E-state index in [1.54, 1.807) is 11.9 Å². The number of aliphatic carboxylic acids is 1. The molecule has 1 aliphatic heterocycles. The van der Waals surface area contributed by atoms with Crippen LogP contribution in [0.2, 0.25) is 0 Å². The number of amides is 1. The fraction of sp³-hybridized carbons (Fsp3) is 0.846. The summed E-state index contributed by atoms with van der Waals surface area (Å²) in [6.07, 6.45) is 2.90. The van der Waals surface area contributed by atoms with Crippen LogP contribution in [0.5, 0.6) is 0 Å². The first-order valence-corrected chi connectivity index (χ1v) is 6.74. The third kappa shape index (κ3) is 2.23. The molecule has 102 valence electrons. The maximum absolute atomic E-state index is 12.3. The van der Waals surface area contributed by atoms with Gasteiger partial charge in [-0.2, -0.15) is 0 Å². The van der Waals surface area contributed by atoms with Crippen molar-refractivity contribution in [1.82, 2.24) is 9.80 Å². The van der Waals surface area contributed by atoms with Crippen LogP contribution in [0.25, 0.3) is 0 Å². The fourth-order valence-corrected chi connectivity index (χ4v) is 2.77. The van der Waals surface area contributed by atoms with Crippen LogP contribution in [0.15, 0.2) is 0 Å². The van der Waals surface area contributed by atoms with Crippen molar-refractivity contribution in [3.8, 4) is 0 Å². The quantitative estimate of drug-likeness (QED) is 0.754. The largest absolute Gasteiger partial charge is 0.480 e. The number of nitrogens with zero attached hydrogens (tertiary/aromatic N) is 2. The van der Waals surface area contributed by atoms with Crippen molar-refractivity contribution >= 4 is 11.9 Å². The van der Waals surface area contributed by atoms with Crippen molar-refractivity contribution in [2.45, 2.75) is 38.6 Å². The molecule has 0 bridgehead atoms. The highest BCUT2D eigenvalue weighted by molar-refractivity contribution is 6.04. The SMILES string of the molecule is CCN1CCC(N(C)C(=O)C2(C(=O)O)CC2)CC1. The predicted molar refractivity (Wildman–Crippen MR) is 67.2 cm³/mol. The van der Waals surface area contributed by atoms with Crippen molar-refractivity contribution in [2.24, 2.45) is 5.41 Å². The summed E-state index contributed by atoms with van der Waals surface area (Å²) in [5.41, 5.74) is -1.09. The zero-order valence-electron chi connectivity index (χ0n) is 11.2. The van der Waals surface area contributed by atoms with Gasteiger partial charge in [0.15, 0.2) is 0 Å². The molecule has 1 saturated carbocycles. The second-order valence-corrected chi connectivity index (χ2v) is 5.47. The standard InChI is InChI=1S/C13H22N2O3/c1-3-15-8-4-10(5-9-15)14(2)11(16)13(6-7-13)12(17)18/h10H,3-9H2,1-2H3,(H,17,18). The van der Waals surface area contributed by atoms with Gasteiger partial charge < -0.3 is 14.9 Å². The van der Waals surface area contributed by atoms with Crippen molar-refractivity contribution in [3.05, 3.63) is 0 Å². The summed E-state index contributed by atoms with van der Waals surface area (Å²) in [6, 6.07) is 0.206. The van der Waals surface area contributed by atoms with Gasteiger partial charge >= 0.3 is 5.97 Å². The third-order valence-electron chi connectivity index (χ3n) is 4.44. The van der Waals surface area contributed by atoms with E-state index in [9.17, 15) is 9.59 Å². The third-order valence-corrected chi connectivity index (χ3v) is 4.44. The summed E-state index contributed by atoms with van der Waals surface area (Å²) in [5, 5.41) is 9.15. The van der Waals surface area contributed by atoms with E-state index >= 15 is 0 Å². The van der Waals surface area contributed by atoms with E-state index in [1.807, 2.05) is 0 Å². The molecule has 1 heterocycles. The molecule has 1 amide bonds. The van der Waals surface area contributed by atoms with E-state index in [2.05, 4.69) is 11.8 Å². The van der Waals surface area contributed by atoms with Gasteiger partial charge in [-0.1, -0.05) is 6.92 Å². The molecule has 2 fully saturated rings. The van der Waals surface area contributed by atoms with Crippen LogP contribution in [0.4, 0.5) is 0 Å². The first kappa shape index (κ1) is 13.3. The van der Waals surface area contributed by atoms with Gasteiger partial charge in [-0.3, -0.25) is 9.59 Å². The van der Waals surface area contributed by atoms with Crippen molar-refractivity contribution in [1.29, 1.82) is 0 Å². The Labute approximate surface area is 108 Å². The Bertz CT molecular complexity index is 344. The molecule has 0 spiro atoms. The highest BCUT2D eigenvalue weighted by atomic mass is 16.4. The summed E-state index contributed by atoms with van der Waals surface area (Å²) < 4.78 is 0. The predicted octanol–water partition coefficient (Wildman–Crippen LogP) is 0.794. The second kappa shape index (κ2) is 4.88. The molecule has 0 unspecified atom stereocenters. The summed E-state index contributed by atoms with van der Waals surface area (Å²) in [4.78, 5) is 27.5. The van der Waals surface area contributed by atoms with Crippen LogP contribution < -0.4 is 0 Å². The number of likely N-dealkylation sites (tertiary alicyclic amines) is 1. The number of hydrogen-bond donors (Lipinski definition) is 1. The molecule has 18 heavy (non-hydrogen) atoms. The molecule has 5 nitrogen and oxygen atoms in total. The number of carboxylic acid groups (broad SMARTS) is 1. The van der Waals surface area contributed by atoms with Gasteiger partial charge in [0.1, 0.15) is 5.41 Å². The number of carbonyl (C=O) groups is 2. The molecule has 0 aromatic rings. The maximum atomic E-state index is 12.3. The van der Waals surface area contributed by atoms with E-state index in [1.165, 1.54) is 0 Å². The Morgan fingerprint density at radius 3 is 2.28 bits per heavy atom. The Morgan fingerprint density at radius 1 is 1.33 bits per heavy atom. The Kier molecular flexibility index (Phi) is 3.61. The average Bonchev–Trinajstić information content (AvgIpc) is 3.18. The lowest BCUT2D eigenvalue weighted by molar-refractivity contribution is -0.154. The van der Waals surface area contributed by atoms with Crippen LogP contribution in [0, 0.1) is 5.41 Å². The van der Waals surface area contributed by atoms with Crippen molar-refractivity contribution in [2.75, 3.05) is 26.7 Å². The lowest BCUT2D eigenvalue weighted by Gasteiger charge is -2.37. The first-order valence-electron chi connectivity index (χ1n) is 6.74. The van der Waals surface area contributed by atoms with Crippen LogP contribution in [-0.2, 0) is 9.59 Å². The Morgan fingerprint density at radius 2 is 1.89 bits per heavy atom. The number of rotatable bonds is 4. The Balaban J connectivity index is 1.94. The highest BCUT2D eigenvalue weighted by Crippen LogP contribution is 2.47. The molecule has 0 aromatic heterocycles. The molecule has 2 aliphatic rings. The molecular formula is C13H22N2O3. The van der Waals surface area contributed by atoms with Gasteiger partial charge in [0.05, 0.1) is 0 Å². The van der Waals surface area contributed by atoms with Crippen LogP contribution >= 0.6 is 0 Å². The number of piperidine rings is 1. The molecular weight excluding hydrogens is 232 g/mol. The number of carboxylic acids is 1. The molecule has 0 radical (unpaired) electrons. The summed E-state index contributed by atoms with van der Waals surface area (Å²) in [7, 11) is 1.76. The van der Waals surface area contributed by atoms with Gasteiger partial charge in [-0.05, 0) is 32.2 Å². The normalized spacial score (nSPS) is 23.7. The maximum Gasteiger partial charge on any atom is 0.319 e. The number of carbonyl (C=O) groups excluding carboxylic acids is 1. The van der Waals surface area contributed by atoms with Crippen LogP contribution in [-0.4, -0.2) is 59.5 Å². The number of hydrogen-bond acceptors (Lipinski definition) is 3. The van der Waals surface area contributed by atoms with Gasteiger partial charge in [0.2, 0.25) is 5.91 Å². The van der Waals surface area contributed by atoms with E-state index in [4.69, 9.17) is 5.11 Å². The molecule has 1 saturated heterocycles. The molecule has 1 aliphatic carbocycles. The van der Waals surface area contributed by atoms with Gasteiger partial charge in [0.25, 0.3) is 0 Å². The average molecular weight is 254 g/mol. The monoisotopic (exact) mass is 254 g/mol. The minimum atomic E-state index is -1.09. The zero-order valence-corrected chi connectivity index (χ0v) is 11.2. The van der Waals surface area contributed by atoms with Crippen LogP contribution in [0.1, 0.15) is 32.6 Å². The summed E-state index contributed by atoms with van der Waals surface area (Å²) in [5.74, 6) is -1.14. The van der Waals surface area contributed by atoms with Crippen LogP contribution in [0.3, 0.4) is 0 Å². The molecule has 5 heteroatoms. The van der Waals surface area contributed by atoms with Gasteiger partial charge in [0, 0.05) is 26.2 Å². The Hall–Kier alpha value is -1.10. The molecule has 0 atom stereocenters. The molecule has 2 rings (SSSR count). The lowest BCUT2D eigenvalue weighted by Crippen LogP contribution is -2.49. The van der Waals surface area contributed by atoms with E-state index < -0.39 is 11.4 Å². The fourth-order valence-electron chi connectivity index (χ4n) is 2.77. The van der Waals surface area contributed by atoms with E-state index in [0.717, 1.165) is 32.5 Å². The van der Waals surface area contributed by atoms with Gasteiger partial charge in [-0.15, -0.1) is 0 Å². The van der Waals surface area contributed by atoms with Crippen molar-refractivity contribution < 1.29 is 14.7 Å². The molecule has 0 aromatic carbocycles. The van der Waals surface area contributed by atoms with Gasteiger partial charge in [-0.25, -0.2) is 0 Å². The second-order valence-electron chi connectivity index (χ2n) is 5.47.